The summed E-state index contributed by atoms with van der Waals surface area (Å²) in [4.78, 5) is 3.73. The molecule has 7 aromatic carbocycles. The van der Waals surface area contributed by atoms with Gasteiger partial charge in [-0.2, -0.15) is 15.8 Å². The number of para-hydroxylation sites is 2. The van der Waals surface area contributed by atoms with Crippen LogP contribution in [-0.2, 0) is 0 Å². The van der Waals surface area contributed by atoms with Crippen LogP contribution in [0.5, 0.6) is 0 Å². The maximum Gasteiger partial charge on any atom is 0.188 e. The van der Waals surface area contributed by atoms with E-state index in [2.05, 4.69) is 80.7 Å². The summed E-state index contributed by atoms with van der Waals surface area (Å²) in [5.41, 5.74) is 12.2. The second kappa shape index (κ2) is 12.2. The van der Waals surface area contributed by atoms with Gasteiger partial charge in [-0.1, -0.05) is 60.7 Å². The van der Waals surface area contributed by atoms with E-state index in [0.29, 0.717) is 22.4 Å². The molecule has 0 aliphatic heterocycles. The average Bonchev–Trinajstić information content (AvgIpc) is 3.72. The Labute approximate surface area is 305 Å². The van der Waals surface area contributed by atoms with Gasteiger partial charge in [-0.05, 0) is 108 Å². The summed E-state index contributed by atoms with van der Waals surface area (Å²) >= 11 is 0. The van der Waals surface area contributed by atoms with E-state index in [1.807, 2.05) is 97.9 Å². The van der Waals surface area contributed by atoms with Crippen molar-refractivity contribution >= 4 is 49.3 Å². The zero-order valence-corrected chi connectivity index (χ0v) is 28.5. The molecule has 2 heterocycles. The lowest BCUT2D eigenvalue weighted by atomic mass is 9.91. The first-order valence-corrected chi connectivity index (χ1v) is 17.1. The Kier molecular flexibility index (Phi) is 7.13. The summed E-state index contributed by atoms with van der Waals surface area (Å²) < 4.78 is 4.42. The number of hydrogen-bond acceptors (Lipinski definition) is 3. The minimum absolute atomic E-state index is 0.507. The summed E-state index contributed by atoms with van der Waals surface area (Å²) in [6, 6.07) is 52.9. The van der Waals surface area contributed by atoms with Gasteiger partial charge in [0.15, 0.2) is 5.69 Å². The van der Waals surface area contributed by atoms with Crippen molar-refractivity contribution in [1.29, 1.82) is 15.8 Å². The van der Waals surface area contributed by atoms with Crippen LogP contribution in [0.3, 0.4) is 0 Å². The van der Waals surface area contributed by atoms with Crippen molar-refractivity contribution in [3.8, 4) is 51.8 Å². The van der Waals surface area contributed by atoms with E-state index >= 15 is 0 Å². The Morgan fingerprint density at radius 2 is 1.13 bits per heavy atom. The minimum Gasteiger partial charge on any atom is -0.309 e. The highest BCUT2D eigenvalue weighted by Gasteiger charge is 2.23. The molecule has 0 saturated carbocycles. The van der Waals surface area contributed by atoms with Crippen LogP contribution < -0.4 is 0 Å². The van der Waals surface area contributed by atoms with Crippen molar-refractivity contribution in [3.05, 3.63) is 173 Å². The number of nitriles is 3. The van der Waals surface area contributed by atoms with Crippen molar-refractivity contribution < 1.29 is 0 Å². The zero-order chi connectivity index (χ0) is 36.2. The molecule has 0 radical (unpaired) electrons. The Hall–Kier alpha value is -7.90. The largest absolute Gasteiger partial charge is 0.309 e. The fraction of sp³-hybridized carbons (Fsp3) is 0.0213. The molecule has 0 amide bonds. The molecule has 0 spiro atoms. The maximum atomic E-state index is 10.8. The van der Waals surface area contributed by atoms with Crippen molar-refractivity contribution in [1.82, 2.24) is 9.13 Å². The predicted molar refractivity (Wildman–Crippen MR) is 211 cm³/mol. The quantitative estimate of drug-likeness (QED) is 0.174. The van der Waals surface area contributed by atoms with E-state index in [-0.39, 0.29) is 0 Å². The third-order valence-corrected chi connectivity index (χ3v) is 10.2. The minimum atomic E-state index is 0.507. The molecule has 0 unspecified atom stereocenters. The number of aromatic nitrogens is 2. The summed E-state index contributed by atoms with van der Waals surface area (Å²) in [7, 11) is 0. The number of aryl methyl sites for hydroxylation is 1. The third-order valence-electron chi connectivity index (χ3n) is 10.2. The van der Waals surface area contributed by atoms with Crippen LogP contribution in [0.4, 0.5) is 5.69 Å². The molecule has 9 aromatic rings. The van der Waals surface area contributed by atoms with Crippen LogP contribution in [0.2, 0.25) is 0 Å². The van der Waals surface area contributed by atoms with Gasteiger partial charge in [0.1, 0.15) is 0 Å². The Bertz CT molecular complexity index is 3180. The van der Waals surface area contributed by atoms with Crippen molar-refractivity contribution in [2.45, 2.75) is 6.92 Å². The number of fused-ring (bicyclic) bond motifs is 6. The lowest BCUT2D eigenvalue weighted by molar-refractivity contribution is 1.16. The first-order chi connectivity index (χ1) is 26.0. The van der Waals surface area contributed by atoms with Gasteiger partial charge >= 0.3 is 0 Å². The molecular formula is C47H26N6. The molecule has 6 nitrogen and oxygen atoms in total. The van der Waals surface area contributed by atoms with E-state index in [1.54, 1.807) is 0 Å². The van der Waals surface area contributed by atoms with Crippen LogP contribution >= 0.6 is 0 Å². The van der Waals surface area contributed by atoms with Crippen LogP contribution in [0, 0.1) is 47.5 Å². The van der Waals surface area contributed by atoms with Crippen LogP contribution in [0.1, 0.15) is 22.3 Å². The SMILES string of the molecule is [C-]#[N+]c1ccc2c(c1)c1ccccc1n2-c1ccc(-c2ccc(C#N)cc2C)cc1-c1c(C#N)cccc1-n1c2ccccc2c2cc(C#N)ccc21. The molecule has 0 atom stereocenters. The van der Waals surface area contributed by atoms with E-state index in [0.717, 1.165) is 82.8 Å². The fourth-order valence-corrected chi connectivity index (χ4v) is 7.85. The smallest absolute Gasteiger partial charge is 0.188 e. The average molecular weight is 675 g/mol. The maximum absolute atomic E-state index is 10.8. The van der Waals surface area contributed by atoms with E-state index in [9.17, 15) is 15.8 Å². The highest BCUT2D eigenvalue weighted by molar-refractivity contribution is 6.12. The normalized spacial score (nSPS) is 11.0. The molecule has 0 saturated heterocycles. The Morgan fingerprint density at radius 3 is 1.81 bits per heavy atom. The van der Waals surface area contributed by atoms with E-state index in [1.165, 1.54) is 0 Å². The number of nitrogens with zero attached hydrogens (tertiary/aromatic N) is 6. The van der Waals surface area contributed by atoms with E-state index in [4.69, 9.17) is 6.57 Å². The lowest BCUT2D eigenvalue weighted by Gasteiger charge is -2.21. The molecule has 0 aliphatic rings. The molecule has 6 heteroatoms. The highest BCUT2D eigenvalue weighted by atomic mass is 15.0. The van der Waals surface area contributed by atoms with Gasteiger partial charge < -0.3 is 9.13 Å². The van der Waals surface area contributed by atoms with Gasteiger partial charge in [-0.25, -0.2) is 4.85 Å². The third kappa shape index (κ3) is 4.76. The fourth-order valence-electron chi connectivity index (χ4n) is 7.85. The first-order valence-electron chi connectivity index (χ1n) is 17.1. The summed E-state index contributed by atoms with van der Waals surface area (Å²) in [6.45, 7) is 9.73. The molecule has 0 fully saturated rings. The van der Waals surface area contributed by atoms with Crippen LogP contribution in [-0.4, -0.2) is 9.13 Å². The molecule has 53 heavy (non-hydrogen) atoms. The summed E-state index contributed by atoms with van der Waals surface area (Å²) in [6.07, 6.45) is 0. The molecule has 0 N–H and O–H groups in total. The molecule has 9 rings (SSSR count). The zero-order valence-electron chi connectivity index (χ0n) is 28.5. The van der Waals surface area contributed by atoms with Crippen LogP contribution in [0.25, 0.3) is 82.1 Å². The molecule has 0 bridgehead atoms. The monoisotopic (exact) mass is 674 g/mol. The molecule has 244 valence electrons. The molecule has 0 aliphatic carbocycles. The second-order valence-corrected chi connectivity index (χ2v) is 13.0. The van der Waals surface area contributed by atoms with Gasteiger partial charge in [0, 0.05) is 27.3 Å². The highest BCUT2D eigenvalue weighted by Crippen LogP contribution is 2.44. The number of rotatable bonds is 4. The van der Waals surface area contributed by atoms with Gasteiger partial charge in [0.05, 0.1) is 74.9 Å². The van der Waals surface area contributed by atoms with Gasteiger partial charge in [0.25, 0.3) is 0 Å². The number of benzene rings is 7. The van der Waals surface area contributed by atoms with E-state index < -0.39 is 0 Å². The van der Waals surface area contributed by atoms with Gasteiger partial charge in [0.2, 0.25) is 0 Å². The standard InChI is InChI=1S/C47H26N6/c1-29-22-30(26-48)14-18-35(29)32-16-20-45(52-41-11-5-4-10-37(41)39-25-34(51-2)17-21-44(39)52)40(24-32)47-33(28-50)8-7-13-46(47)53-42-12-6-3-9-36(42)38-23-31(27-49)15-19-43(38)53/h3-25H,1H3. The topological polar surface area (TPSA) is 85.6 Å². The van der Waals surface area contributed by atoms with Crippen molar-refractivity contribution in [3.63, 3.8) is 0 Å². The first kappa shape index (κ1) is 31.1. The Balaban J connectivity index is 1.44. The predicted octanol–water partition coefficient (Wildman–Crippen LogP) is 11.7. The Morgan fingerprint density at radius 1 is 0.509 bits per heavy atom. The van der Waals surface area contributed by atoms with Crippen LogP contribution in [0.15, 0.2) is 140 Å². The van der Waals surface area contributed by atoms with Gasteiger partial charge in [-0.3, -0.25) is 0 Å². The van der Waals surface area contributed by atoms with Gasteiger partial charge in [-0.15, -0.1) is 0 Å². The summed E-state index contributed by atoms with van der Waals surface area (Å²) in [5.74, 6) is 0. The lowest BCUT2D eigenvalue weighted by Crippen LogP contribution is -2.04. The second-order valence-electron chi connectivity index (χ2n) is 13.0. The van der Waals surface area contributed by atoms with Crippen molar-refractivity contribution in [2.24, 2.45) is 0 Å². The summed E-state index contributed by atoms with van der Waals surface area (Å²) in [5, 5.41) is 34.2. The number of hydrogen-bond donors (Lipinski definition) is 0. The van der Waals surface area contributed by atoms with Crippen molar-refractivity contribution in [2.75, 3.05) is 0 Å². The molecule has 2 aromatic heterocycles. The molecular weight excluding hydrogens is 649 g/mol.